The van der Waals surface area contributed by atoms with E-state index < -0.39 is 10.0 Å². The summed E-state index contributed by atoms with van der Waals surface area (Å²) in [6, 6.07) is 13.2. The number of hydrogen-bond acceptors (Lipinski definition) is 4. The van der Waals surface area contributed by atoms with E-state index in [2.05, 4.69) is 10.6 Å². The molecule has 0 aliphatic carbocycles. The molecule has 0 aliphatic heterocycles. The van der Waals surface area contributed by atoms with Crippen molar-refractivity contribution >= 4 is 21.8 Å². The first kappa shape index (κ1) is 19.6. The monoisotopic (exact) mass is 375 g/mol. The van der Waals surface area contributed by atoms with Crippen molar-refractivity contribution in [1.29, 1.82) is 0 Å². The lowest BCUT2D eigenvalue weighted by Crippen LogP contribution is -2.37. The molecule has 0 atom stereocenters. The first-order chi connectivity index (χ1) is 12.3. The molecule has 0 radical (unpaired) electrons. The molecule has 0 unspecified atom stereocenters. The van der Waals surface area contributed by atoms with Gasteiger partial charge in [-0.05, 0) is 43.2 Å². The topological polar surface area (TPSA) is 118 Å². The van der Waals surface area contributed by atoms with E-state index in [1.165, 1.54) is 12.1 Å². The molecular formula is C18H21N3O4S. The smallest absolute Gasteiger partial charge is 0.251 e. The number of amides is 2. The van der Waals surface area contributed by atoms with Crippen LogP contribution in [0.3, 0.4) is 0 Å². The van der Waals surface area contributed by atoms with Crippen molar-refractivity contribution in [3.63, 3.8) is 0 Å². The van der Waals surface area contributed by atoms with Crippen LogP contribution in [0.15, 0.2) is 53.4 Å². The van der Waals surface area contributed by atoms with Crippen LogP contribution < -0.4 is 15.8 Å². The zero-order valence-corrected chi connectivity index (χ0v) is 15.2. The van der Waals surface area contributed by atoms with Crippen LogP contribution in [0.4, 0.5) is 0 Å². The normalized spacial score (nSPS) is 11.0. The van der Waals surface area contributed by atoms with Crippen LogP contribution in [0.2, 0.25) is 0 Å². The average molecular weight is 375 g/mol. The Balaban J connectivity index is 1.73. The molecule has 0 aromatic heterocycles. The fraction of sp³-hybridized carbons (Fsp3) is 0.222. The SMILES string of the molecule is Cc1ccc(C(=O)NCC(=O)NCCc2ccc(S(N)(=O)=O)cc2)cc1. The van der Waals surface area contributed by atoms with Gasteiger partial charge in [-0.25, -0.2) is 13.6 Å². The third-order valence-corrected chi connectivity index (χ3v) is 4.64. The zero-order chi connectivity index (χ0) is 19.2. The summed E-state index contributed by atoms with van der Waals surface area (Å²) in [6.45, 7) is 2.18. The lowest BCUT2D eigenvalue weighted by Gasteiger charge is -2.08. The Hall–Kier alpha value is -2.71. The number of carbonyl (C=O) groups is 2. The highest BCUT2D eigenvalue weighted by atomic mass is 32.2. The molecule has 138 valence electrons. The molecule has 7 nitrogen and oxygen atoms in total. The number of sulfonamides is 1. The van der Waals surface area contributed by atoms with E-state index in [0.717, 1.165) is 11.1 Å². The third kappa shape index (κ3) is 5.98. The molecule has 0 fully saturated rings. The van der Waals surface area contributed by atoms with Gasteiger partial charge < -0.3 is 10.6 Å². The van der Waals surface area contributed by atoms with Crippen molar-refractivity contribution in [1.82, 2.24) is 10.6 Å². The number of hydrogen-bond donors (Lipinski definition) is 3. The summed E-state index contributed by atoms with van der Waals surface area (Å²) in [6.07, 6.45) is 0.530. The molecule has 2 aromatic carbocycles. The van der Waals surface area contributed by atoms with Gasteiger partial charge in [-0.15, -0.1) is 0 Å². The molecule has 0 bridgehead atoms. The van der Waals surface area contributed by atoms with Crippen molar-refractivity contribution in [2.45, 2.75) is 18.2 Å². The highest BCUT2D eigenvalue weighted by Crippen LogP contribution is 2.08. The highest BCUT2D eigenvalue weighted by molar-refractivity contribution is 7.89. The first-order valence-electron chi connectivity index (χ1n) is 7.99. The molecule has 8 heteroatoms. The van der Waals surface area contributed by atoms with E-state index in [4.69, 9.17) is 5.14 Å². The molecule has 0 spiro atoms. The van der Waals surface area contributed by atoms with Crippen molar-refractivity contribution in [3.05, 3.63) is 65.2 Å². The van der Waals surface area contributed by atoms with Crippen LogP contribution in [-0.4, -0.2) is 33.3 Å². The molecule has 0 saturated carbocycles. The summed E-state index contributed by atoms with van der Waals surface area (Å²) in [5.41, 5.74) is 2.41. The average Bonchev–Trinajstić information content (AvgIpc) is 2.60. The van der Waals surface area contributed by atoms with Crippen LogP contribution in [0.5, 0.6) is 0 Å². The molecule has 2 aromatic rings. The molecule has 0 heterocycles. The molecule has 2 rings (SSSR count). The van der Waals surface area contributed by atoms with Crippen LogP contribution in [0, 0.1) is 6.92 Å². The fourth-order valence-corrected chi connectivity index (χ4v) is 2.74. The van der Waals surface area contributed by atoms with E-state index in [-0.39, 0.29) is 23.3 Å². The molecule has 4 N–H and O–H groups in total. The maximum atomic E-state index is 11.9. The maximum Gasteiger partial charge on any atom is 0.251 e. The minimum absolute atomic E-state index is 0.0455. The fourth-order valence-electron chi connectivity index (χ4n) is 2.22. The van der Waals surface area contributed by atoms with Gasteiger partial charge in [0.05, 0.1) is 11.4 Å². The number of aryl methyl sites for hydroxylation is 1. The Labute approximate surface area is 152 Å². The van der Waals surface area contributed by atoms with Gasteiger partial charge in [0.15, 0.2) is 0 Å². The lowest BCUT2D eigenvalue weighted by molar-refractivity contribution is -0.120. The van der Waals surface area contributed by atoms with Crippen molar-refractivity contribution < 1.29 is 18.0 Å². The summed E-state index contributed by atoms with van der Waals surface area (Å²) in [7, 11) is -3.70. The predicted molar refractivity (Wildman–Crippen MR) is 98.0 cm³/mol. The second-order valence-electron chi connectivity index (χ2n) is 5.84. The Bertz CT molecular complexity index is 876. The largest absolute Gasteiger partial charge is 0.354 e. The van der Waals surface area contributed by atoms with Crippen molar-refractivity contribution in [2.75, 3.05) is 13.1 Å². The summed E-state index contributed by atoms with van der Waals surface area (Å²) in [4.78, 5) is 23.8. The minimum atomic E-state index is -3.70. The molecule has 2 amide bonds. The Morgan fingerprint density at radius 3 is 2.15 bits per heavy atom. The zero-order valence-electron chi connectivity index (χ0n) is 14.4. The van der Waals surface area contributed by atoms with Crippen molar-refractivity contribution in [3.8, 4) is 0 Å². The summed E-state index contributed by atoms with van der Waals surface area (Å²) >= 11 is 0. The quantitative estimate of drug-likeness (QED) is 0.661. The standard InChI is InChI=1S/C18H21N3O4S/c1-13-2-6-15(7-3-13)18(23)21-12-17(22)20-11-10-14-4-8-16(9-5-14)26(19,24)25/h2-9H,10-12H2,1H3,(H,20,22)(H,21,23)(H2,19,24,25). The summed E-state index contributed by atoms with van der Waals surface area (Å²) in [5.74, 6) is -0.606. The van der Waals surface area contributed by atoms with E-state index in [0.29, 0.717) is 18.5 Å². The molecule has 0 aliphatic rings. The molecular weight excluding hydrogens is 354 g/mol. The van der Waals surface area contributed by atoms with Gasteiger partial charge in [0, 0.05) is 12.1 Å². The van der Waals surface area contributed by atoms with Crippen molar-refractivity contribution in [2.24, 2.45) is 5.14 Å². The van der Waals surface area contributed by atoms with Crippen LogP contribution in [0.1, 0.15) is 21.5 Å². The number of nitrogens with one attached hydrogen (secondary N) is 2. The lowest BCUT2D eigenvalue weighted by atomic mass is 10.1. The number of benzene rings is 2. The minimum Gasteiger partial charge on any atom is -0.354 e. The Morgan fingerprint density at radius 1 is 0.962 bits per heavy atom. The van der Waals surface area contributed by atoms with Crippen LogP contribution >= 0.6 is 0 Å². The van der Waals surface area contributed by atoms with Gasteiger partial charge in [-0.2, -0.15) is 0 Å². The van der Waals surface area contributed by atoms with E-state index in [9.17, 15) is 18.0 Å². The number of nitrogens with two attached hydrogens (primary N) is 1. The molecule has 26 heavy (non-hydrogen) atoms. The van der Waals surface area contributed by atoms with E-state index in [1.807, 2.05) is 19.1 Å². The van der Waals surface area contributed by atoms with Gasteiger partial charge in [-0.1, -0.05) is 29.8 Å². The van der Waals surface area contributed by atoms with Crippen LogP contribution in [-0.2, 0) is 21.2 Å². The van der Waals surface area contributed by atoms with E-state index >= 15 is 0 Å². The second-order valence-corrected chi connectivity index (χ2v) is 7.40. The van der Waals surface area contributed by atoms with Crippen LogP contribution in [0.25, 0.3) is 0 Å². The third-order valence-electron chi connectivity index (χ3n) is 3.71. The predicted octanol–water partition coefficient (Wildman–Crippen LogP) is 0.731. The first-order valence-corrected chi connectivity index (χ1v) is 9.53. The molecule has 0 saturated heterocycles. The summed E-state index contributed by atoms with van der Waals surface area (Å²) in [5, 5.41) is 10.3. The highest BCUT2D eigenvalue weighted by Gasteiger charge is 2.08. The van der Waals surface area contributed by atoms with E-state index in [1.54, 1.807) is 24.3 Å². The van der Waals surface area contributed by atoms with Gasteiger partial charge in [-0.3, -0.25) is 9.59 Å². The maximum absolute atomic E-state index is 11.9. The second kappa shape index (κ2) is 8.59. The number of primary sulfonamides is 1. The Kier molecular flexibility index (Phi) is 6.48. The van der Waals surface area contributed by atoms with Gasteiger partial charge >= 0.3 is 0 Å². The van der Waals surface area contributed by atoms with Gasteiger partial charge in [0.2, 0.25) is 15.9 Å². The number of rotatable bonds is 7. The van der Waals surface area contributed by atoms with Gasteiger partial charge in [0.25, 0.3) is 5.91 Å². The van der Waals surface area contributed by atoms with Gasteiger partial charge in [0.1, 0.15) is 0 Å². The Morgan fingerprint density at radius 2 is 1.58 bits per heavy atom. The summed E-state index contributed by atoms with van der Waals surface area (Å²) < 4.78 is 22.4. The number of carbonyl (C=O) groups excluding carboxylic acids is 2.